The van der Waals surface area contributed by atoms with Gasteiger partial charge in [-0.05, 0) is 44.6 Å². The van der Waals surface area contributed by atoms with Gasteiger partial charge in [-0.3, -0.25) is 19.4 Å². The fraction of sp³-hybridized carbons (Fsp3) is 0.667. The second kappa shape index (κ2) is 10.9. The van der Waals surface area contributed by atoms with E-state index in [1.807, 2.05) is 36.9 Å². The minimum Gasteiger partial charge on any atom is -0.354 e. The lowest BCUT2D eigenvalue weighted by atomic mass is 10.0. The van der Waals surface area contributed by atoms with Crippen LogP contribution in [0, 0.1) is 0 Å². The molecule has 2 heterocycles. The molecule has 1 aromatic carbocycles. The number of amides is 2. The molecule has 3 rings (SSSR count). The fourth-order valence-corrected chi connectivity index (χ4v) is 4.51. The van der Waals surface area contributed by atoms with Crippen molar-refractivity contribution in [2.24, 2.45) is 0 Å². The molecule has 6 heteroatoms. The van der Waals surface area contributed by atoms with Crippen molar-refractivity contribution in [3.05, 3.63) is 35.9 Å². The first-order chi connectivity index (χ1) is 14.5. The van der Waals surface area contributed by atoms with E-state index in [9.17, 15) is 9.59 Å². The third-order valence-electron chi connectivity index (χ3n) is 6.80. The molecule has 1 aromatic rings. The van der Waals surface area contributed by atoms with Crippen LogP contribution < -0.4 is 5.32 Å². The number of nitrogens with zero attached hydrogens (tertiary/aromatic N) is 3. The first kappa shape index (κ1) is 22.8. The maximum atomic E-state index is 12.8. The van der Waals surface area contributed by atoms with Gasteiger partial charge >= 0.3 is 0 Å². The van der Waals surface area contributed by atoms with Crippen LogP contribution in [0.5, 0.6) is 0 Å². The molecule has 0 saturated carbocycles. The Balaban J connectivity index is 1.42. The van der Waals surface area contributed by atoms with Crippen molar-refractivity contribution in [1.29, 1.82) is 0 Å². The van der Waals surface area contributed by atoms with Gasteiger partial charge in [0.05, 0.1) is 12.1 Å². The molecule has 0 unspecified atom stereocenters. The van der Waals surface area contributed by atoms with E-state index < -0.39 is 0 Å². The van der Waals surface area contributed by atoms with Gasteiger partial charge in [0, 0.05) is 45.8 Å². The van der Waals surface area contributed by atoms with Gasteiger partial charge in [0.2, 0.25) is 11.8 Å². The maximum Gasteiger partial charge on any atom is 0.239 e. The Morgan fingerprint density at radius 1 is 0.833 bits per heavy atom. The molecule has 0 aromatic heterocycles. The third-order valence-corrected chi connectivity index (χ3v) is 6.80. The lowest BCUT2D eigenvalue weighted by molar-refractivity contribution is -0.138. The number of piperazine rings is 1. The highest BCUT2D eigenvalue weighted by molar-refractivity contribution is 5.82. The number of benzene rings is 1. The van der Waals surface area contributed by atoms with Gasteiger partial charge in [0.25, 0.3) is 0 Å². The number of rotatable bonds is 7. The molecule has 0 radical (unpaired) electrons. The Bertz CT molecular complexity index is 682. The van der Waals surface area contributed by atoms with Gasteiger partial charge in [0.15, 0.2) is 0 Å². The van der Waals surface area contributed by atoms with Crippen molar-refractivity contribution in [3.8, 4) is 0 Å². The molecule has 1 N–H and O–H groups in total. The van der Waals surface area contributed by atoms with E-state index in [1.165, 1.54) is 12.0 Å². The number of hydrogen-bond donors (Lipinski definition) is 1. The molecule has 6 nitrogen and oxygen atoms in total. The van der Waals surface area contributed by atoms with Crippen LogP contribution >= 0.6 is 0 Å². The number of carbonyl (C=O) groups excluding carboxylic acids is 2. The molecule has 2 saturated heterocycles. The van der Waals surface area contributed by atoms with Crippen molar-refractivity contribution in [2.45, 2.75) is 58.0 Å². The number of hydrogen-bond acceptors (Lipinski definition) is 4. The van der Waals surface area contributed by atoms with Crippen LogP contribution in [0.25, 0.3) is 0 Å². The molecular weight excluding hydrogens is 376 g/mol. The van der Waals surface area contributed by atoms with Crippen LogP contribution in [0.2, 0.25) is 0 Å². The van der Waals surface area contributed by atoms with Gasteiger partial charge < -0.3 is 10.2 Å². The Morgan fingerprint density at radius 3 is 2.00 bits per heavy atom. The summed E-state index contributed by atoms with van der Waals surface area (Å²) < 4.78 is 0. The summed E-state index contributed by atoms with van der Waals surface area (Å²) in [5, 5.41) is 3.12. The van der Waals surface area contributed by atoms with E-state index in [0.29, 0.717) is 12.5 Å². The highest BCUT2D eigenvalue weighted by Gasteiger charge is 2.31. The summed E-state index contributed by atoms with van der Waals surface area (Å²) in [5.74, 6) is 0.647. The zero-order chi connectivity index (χ0) is 21.5. The molecule has 166 valence electrons. The minimum absolute atomic E-state index is 0.0684. The summed E-state index contributed by atoms with van der Waals surface area (Å²) in [4.78, 5) is 32.0. The summed E-state index contributed by atoms with van der Waals surface area (Å²) in [6.07, 6.45) is 3.49. The highest BCUT2D eigenvalue weighted by atomic mass is 16.2. The lowest BCUT2D eigenvalue weighted by Gasteiger charge is -2.41. The van der Waals surface area contributed by atoms with Crippen LogP contribution in [-0.4, -0.2) is 84.4 Å². The van der Waals surface area contributed by atoms with Gasteiger partial charge in [-0.15, -0.1) is 0 Å². The van der Waals surface area contributed by atoms with Gasteiger partial charge in [0.1, 0.15) is 0 Å². The second-order valence-electron chi connectivity index (χ2n) is 8.87. The van der Waals surface area contributed by atoms with Crippen LogP contribution in [0.3, 0.4) is 0 Å². The van der Waals surface area contributed by atoms with Crippen LogP contribution in [0.15, 0.2) is 30.3 Å². The molecule has 2 amide bonds. The standard InChI is InChI=1S/C24H38N4O2/c1-19(22-10-6-4-7-11-22)18-25-23(29)20(2)26-14-16-27(17-15-26)21(3)24(30)28-12-8-5-9-13-28/h4,6-7,10-11,19-21H,5,8-9,12-18H2,1-3H3,(H,25,29)/t19-,20+,21+/m1/s1. The summed E-state index contributed by atoms with van der Waals surface area (Å²) in [6.45, 7) is 11.9. The molecule has 2 fully saturated rings. The number of nitrogens with one attached hydrogen (secondary N) is 1. The predicted molar refractivity (Wildman–Crippen MR) is 120 cm³/mol. The predicted octanol–water partition coefficient (Wildman–Crippen LogP) is 2.31. The molecule has 2 aliphatic heterocycles. The van der Waals surface area contributed by atoms with Crippen molar-refractivity contribution >= 4 is 11.8 Å². The van der Waals surface area contributed by atoms with E-state index in [0.717, 1.165) is 52.1 Å². The third kappa shape index (κ3) is 5.82. The molecule has 0 spiro atoms. The van der Waals surface area contributed by atoms with E-state index in [2.05, 4.69) is 34.2 Å². The average molecular weight is 415 g/mol. The van der Waals surface area contributed by atoms with Crippen molar-refractivity contribution in [2.75, 3.05) is 45.8 Å². The Morgan fingerprint density at radius 2 is 1.40 bits per heavy atom. The normalized spacial score (nSPS) is 21.6. The quantitative estimate of drug-likeness (QED) is 0.744. The molecule has 30 heavy (non-hydrogen) atoms. The first-order valence-corrected chi connectivity index (χ1v) is 11.6. The largest absolute Gasteiger partial charge is 0.354 e. The van der Waals surface area contributed by atoms with E-state index in [4.69, 9.17) is 0 Å². The van der Waals surface area contributed by atoms with Crippen molar-refractivity contribution in [3.63, 3.8) is 0 Å². The van der Waals surface area contributed by atoms with Crippen molar-refractivity contribution < 1.29 is 9.59 Å². The average Bonchev–Trinajstić information content (AvgIpc) is 2.82. The van der Waals surface area contributed by atoms with E-state index >= 15 is 0 Å². The Labute approximate surface area is 181 Å². The fourth-order valence-electron chi connectivity index (χ4n) is 4.51. The van der Waals surface area contributed by atoms with Crippen LogP contribution in [-0.2, 0) is 9.59 Å². The number of likely N-dealkylation sites (tertiary alicyclic amines) is 1. The molecule has 3 atom stereocenters. The summed E-state index contributed by atoms with van der Waals surface area (Å²) >= 11 is 0. The minimum atomic E-state index is -0.150. The topological polar surface area (TPSA) is 55.9 Å². The summed E-state index contributed by atoms with van der Waals surface area (Å²) in [5.41, 5.74) is 1.24. The zero-order valence-corrected chi connectivity index (χ0v) is 18.8. The van der Waals surface area contributed by atoms with E-state index in [1.54, 1.807) is 0 Å². The van der Waals surface area contributed by atoms with Gasteiger partial charge in [-0.2, -0.15) is 0 Å². The Kier molecular flexibility index (Phi) is 8.28. The molecule has 0 bridgehead atoms. The van der Waals surface area contributed by atoms with Gasteiger partial charge in [-0.25, -0.2) is 0 Å². The van der Waals surface area contributed by atoms with Crippen LogP contribution in [0.4, 0.5) is 0 Å². The first-order valence-electron chi connectivity index (χ1n) is 11.6. The SMILES string of the molecule is C[C@H](CNC(=O)[C@H](C)N1CCN([C@@H](C)C(=O)N2CCCCC2)CC1)c1ccccc1. The Hall–Kier alpha value is -1.92. The van der Waals surface area contributed by atoms with E-state index in [-0.39, 0.29) is 23.9 Å². The summed E-state index contributed by atoms with van der Waals surface area (Å²) in [7, 11) is 0. The van der Waals surface area contributed by atoms with Crippen molar-refractivity contribution in [1.82, 2.24) is 20.0 Å². The maximum absolute atomic E-state index is 12.8. The zero-order valence-electron chi connectivity index (χ0n) is 18.8. The highest BCUT2D eigenvalue weighted by Crippen LogP contribution is 2.16. The lowest BCUT2D eigenvalue weighted by Crippen LogP contribution is -2.58. The monoisotopic (exact) mass is 414 g/mol. The molecule has 2 aliphatic rings. The molecule has 0 aliphatic carbocycles. The van der Waals surface area contributed by atoms with Gasteiger partial charge in [-0.1, -0.05) is 37.3 Å². The second-order valence-corrected chi connectivity index (χ2v) is 8.87. The molecular formula is C24H38N4O2. The number of carbonyl (C=O) groups is 2. The summed E-state index contributed by atoms with van der Waals surface area (Å²) in [6, 6.07) is 10.1. The number of piperidine rings is 1. The smallest absolute Gasteiger partial charge is 0.239 e. The van der Waals surface area contributed by atoms with Crippen LogP contribution in [0.1, 0.15) is 51.5 Å².